The predicted molar refractivity (Wildman–Crippen MR) is 67.7 cm³/mol. The molecule has 88 valence electrons. The molecule has 0 atom stereocenters. The zero-order chi connectivity index (χ0) is 12.4. The van der Waals surface area contributed by atoms with Crippen LogP contribution in [0.5, 0.6) is 0 Å². The smallest absolute Gasteiger partial charge is 0.301 e. The van der Waals surface area contributed by atoms with E-state index in [0.29, 0.717) is 21.4 Å². The normalized spacial score (nSPS) is 10.2. The van der Waals surface area contributed by atoms with Gasteiger partial charge in [0, 0.05) is 10.2 Å². The maximum atomic E-state index is 11.9. The SMILES string of the molecule is Cc1coc(NC(=O)c2cc(N)ccc2Br)n1. The number of amides is 1. The molecule has 0 saturated heterocycles. The van der Waals surface area contributed by atoms with Crippen LogP contribution in [0.15, 0.2) is 33.4 Å². The van der Waals surface area contributed by atoms with Gasteiger partial charge < -0.3 is 10.2 Å². The van der Waals surface area contributed by atoms with Gasteiger partial charge in [-0.3, -0.25) is 10.1 Å². The number of nitrogens with zero attached hydrogens (tertiary/aromatic N) is 1. The molecule has 0 bridgehead atoms. The second kappa shape index (κ2) is 4.58. The lowest BCUT2D eigenvalue weighted by Gasteiger charge is -2.04. The van der Waals surface area contributed by atoms with E-state index in [0.717, 1.165) is 0 Å². The van der Waals surface area contributed by atoms with Crippen molar-refractivity contribution in [3.63, 3.8) is 0 Å². The number of carbonyl (C=O) groups excluding carboxylic acids is 1. The molecule has 17 heavy (non-hydrogen) atoms. The number of benzene rings is 1. The van der Waals surface area contributed by atoms with E-state index in [-0.39, 0.29) is 11.9 Å². The Bertz CT molecular complexity index is 566. The minimum absolute atomic E-state index is 0.168. The number of rotatable bonds is 2. The van der Waals surface area contributed by atoms with Gasteiger partial charge in [0.25, 0.3) is 5.91 Å². The number of hydrogen-bond donors (Lipinski definition) is 2. The van der Waals surface area contributed by atoms with Gasteiger partial charge in [0.15, 0.2) is 0 Å². The van der Waals surface area contributed by atoms with Crippen LogP contribution in [0.3, 0.4) is 0 Å². The van der Waals surface area contributed by atoms with Crippen LogP contribution in [-0.2, 0) is 0 Å². The number of nitrogens with two attached hydrogens (primary N) is 1. The van der Waals surface area contributed by atoms with Gasteiger partial charge in [-0.25, -0.2) is 0 Å². The van der Waals surface area contributed by atoms with Crippen molar-refractivity contribution in [3.8, 4) is 0 Å². The minimum Gasteiger partial charge on any atom is -0.432 e. The third-order valence-corrected chi connectivity index (χ3v) is 2.77. The van der Waals surface area contributed by atoms with Crippen LogP contribution in [0.4, 0.5) is 11.7 Å². The van der Waals surface area contributed by atoms with Crippen LogP contribution in [0.1, 0.15) is 16.1 Å². The summed E-state index contributed by atoms with van der Waals surface area (Å²) in [6.45, 7) is 1.77. The fraction of sp³-hybridized carbons (Fsp3) is 0.0909. The maximum Gasteiger partial charge on any atom is 0.301 e. The summed E-state index contributed by atoms with van der Waals surface area (Å²) in [5, 5.41) is 2.54. The van der Waals surface area contributed by atoms with E-state index in [4.69, 9.17) is 10.2 Å². The summed E-state index contributed by atoms with van der Waals surface area (Å²) in [5.74, 6) is -0.328. The Labute approximate surface area is 106 Å². The van der Waals surface area contributed by atoms with E-state index in [1.807, 2.05) is 0 Å². The molecule has 0 aliphatic heterocycles. The molecule has 0 saturated carbocycles. The second-order valence-electron chi connectivity index (χ2n) is 3.49. The van der Waals surface area contributed by atoms with Crippen LogP contribution in [0.25, 0.3) is 0 Å². The topological polar surface area (TPSA) is 81.2 Å². The largest absolute Gasteiger partial charge is 0.432 e. The summed E-state index contributed by atoms with van der Waals surface area (Å²) < 4.78 is 5.70. The molecule has 0 aliphatic carbocycles. The molecule has 1 aromatic heterocycles. The number of carbonyl (C=O) groups is 1. The van der Waals surface area contributed by atoms with Crippen molar-refractivity contribution in [2.45, 2.75) is 6.92 Å². The van der Waals surface area contributed by atoms with Crippen LogP contribution in [-0.4, -0.2) is 10.9 Å². The van der Waals surface area contributed by atoms with Crippen LogP contribution < -0.4 is 11.1 Å². The average molecular weight is 296 g/mol. The molecule has 2 aromatic rings. The Hall–Kier alpha value is -1.82. The zero-order valence-electron chi connectivity index (χ0n) is 9.03. The Kier molecular flexibility index (Phi) is 3.14. The second-order valence-corrected chi connectivity index (χ2v) is 4.34. The number of anilines is 2. The van der Waals surface area contributed by atoms with Gasteiger partial charge in [0.2, 0.25) is 0 Å². The Balaban J connectivity index is 2.22. The molecule has 6 heteroatoms. The van der Waals surface area contributed by atoms with Crippen LogP contribution >= 0.6 is 15.9 Å². The molecule has 0 spiro atoms. The zero-order valence-corrected chi connectivity index (χ0v) is 10.6. The number of hydrogen-bond acceptors (Lipinski definition) is 4. The monoisotopic (exact) mass is 295 g/mol. The highest BCUT2D eigenvalue weighted by Gasteiger charge is 2.12. The first-order valence-corrected chi connectivity index (χ1v) is 5.64. The summed E-state index contributed by atoms with van der Waals surface area (Å²) in [5.41, 5.74) is 7.27. The van der Waals surface area contributed by atoms with Crippen molar-refractivity contribution in [3.05, 3.63) is 40.2 Å². The number of nitrogens with one attached hydrogen (secondary N) is 1. The lowest BCUT2D eigenvalue weighted by atomic mass is 10.2. The number of aryl methyl sites for hydroxylation is 1. The molecule has 1 aromatic carbocycles. The van der Waals surface area contributed by atoms with Gasteiger partial charge in [-0.05, 0) is 41.1 Å². The molecule has 0 unspecified atom stereocenters. The van der Waals surface area contributed by atoms with Gasteiger partial charge in [-0.2, -0.15) is 4.98 Å². The molecule has 1 amide bonds. The number of oxazole rings is 1. The van der Waals surface area contributed by atoms with Gasteiger partial charge in [-0.15, -0.1) is 0 Å². The van der Waals surface area contributed by atoms with Crippen molar-refractivity contribution >= 4 is 33.5 Å². The van der Waals surface area contributed by atoms with Crippen molar-refractivity contribution in [1.29, 1.82) is 0 Å². The lowest BCUT2D eigenvalue weighted by molar-refractivity contribution is 0.102. The molecule has 5 nitrogen and oxygen atoms in total. The fourth-order valence-electron chi connectivity index (χ4n) is 1.29. The molecular formula is C11H10BrN3O2. The molecule has 0 aliphatic rings. The van der Waals surface area contributed by atoms with E-state index in [2.05, 4.69) is 26.2 Å². The molecule has 2 rings (SSSR count). The van der Waals surface area contributed by atoms with Gasteiger partial charge in [0.1, 0.15) is 6.26 Å². The summed E-state index contributed by atoms with van der Waals surface area (Å²) in [7, 11) is 0. The van der Waals surface area contributed by atoms with Crippen molar-refractivity contribution in [1.82, 2.24) is 4.98 Å². The summed E-state index contributed by atoms with van der Waals surface area (Å²) in [6.07, 6.45) is 1.46. The predicted octanol–water partition coefficient (Wildman–Crippen LogP) is 2.58. The Morgan fingerprint density at radius 2 is 2.29 bits per heavy atom. The average Bonchev–Trinajstić information content (AvgIpc) is 2.67. The van der Waals surface area contributed by atoms with E-state index in [1.165, 1.54) is 6.26 Å². The first-order valence-electron chi connectivity index (χ1n) is 4.85. The third kappa shape index (κ3) is 2.65. The summed E-state index contributed by atoms with van der Waals surface area (Å²) in [4.78, 5) is 15.9. The molecular weight excluding hydrogens is 286 g/mol. The standard InChI is InChI=1S/C11H10BrN3O2/c1-6-5-17-11(14-6)15-10(16)8-4-7(13)2-3-9(8)12/h2-5H,13H2,1H3,(H,14,15,16). The Morgan fingerprint density at radius 3 is 2.94 bits per heavy atom. The number of nitrogen functional groups attached to an aromatic ring is 1. The number of aromatic nitrogens is 1. The maximum absolute atomic E-state index is 11.9. The molecule has 0 radical (unpaired) electrons. The van der Waals surface area contributed by atoms with Crippen molar-refractivity contribution < 1.29 is 9.21 Å². The van der Waals surface area contributed by atoms with Crippen molar-refractivity contribution in [2.75, 3.05) is 11.1 Å². The lowest BCUT2D eigenvalue weighted by Crippen LogP contribution is -2.13. The highest BCUT2D eigenvalue weighted by Crippen LogP contribution is 2.20. The van der Waals surface area contributed by atoms with Gasteiger partial charge in [-0.1, -0.05) is 0 Å². The van der Waals surface area contributed by atoms with E-state index in [9.17, 15) is 4.79 Å². The molecule has 0 fully saturated rings. The van der Waals surface area contributed by atoms with E-state index < -0.39 is 0 Å². The quantitative estimate of drug-likeness (QED) is 0.835. The summed E-state index contributed by atoms with van der Waals surface area (Å²) >= 11 is 3.28. The molecule has 1 heterocycles. The third-order valence-electron chi connectivity index (χ3n) is 2.07. The Morgan fingerprint density at radius 1 is 1.53 bits per heavy atom. The van der Waals surface area contributed by atoms with Crippen LogP contribution in [0, 0.1) is 6.92 Å². The minimum atomic E-state index is -0.328. The first-order chi connectivity index (χ1) is 8.06. The van der Waals surface area contributed by atoms with Gasteiger partial charge >= 0.3 is 6.01 Å². The van der Waals surface area contributed by atoms with E-state index in [1.54, 1.807) is 25.1 Å². The van der Waals surface area contributed by atoms with Crippen LogP contribution in [0.2, 0.25) is 0 Å². The highest BCUT2D eigenvalue weighted by molar-refractivity contribution is 9.10. The highest BCUT2D eigenvalue weighted by atomic mass is 79.9. The fourth-order valence-corrected chi connectivity index (χ4v) is 1.72. The molecule has 3 N–H and O–H groups in total. The van der Waals surface area contributed by atoms with E-state index >= 15 is 0 Å². The first kappa shape index (κ1) is 11.7. The number of halogens is 1. The summed E-state index contributed by atoms with van der Waals surface area (Å²) in [6, 6.07) is 5.16. The van der Waals surface area contributed by atoms with Crippen molar-refractivity contribution in [2.24, 2.45) is 0 Å². The van der Waals surface area contributed by atoms with Gasteiger partial charge in [0.05, 0.1) is 11.3 Å².